The fourth-order valence-electron chi connectivity index (χ4n) is 3.44. The Morgan fingerprint density at radius 2 is 1.17 bits per heavy atom. The standard InChI is InChI=1S/C22H28N2O4S2/c1-13-19-17(9-25-21(3,4)27-19)15(7-23-13)11-29-30-12-16-8-24-14(2)20-18(16)10-26-22(5,6)28-20/h7-8H,9-12H2,1-6H3. The van der Waals surface area contributed by atoms with Crippen LogP contribution in [-0.2, 0) is 34.2 Å². The van der Waals surface area contributed by atoms with Crippen LogP contribution in [0.5, 0.6) is 11.5 Å². The van der Waals surface area contributed by atoms with Crippen LogP contribution in [0.15, 0.2) is 12.4 Å². The highest BCUT2D eigenvalue weighted by Gasteiger charge is 2.31. The fraction of sp³-hybridized carbons (Fsp3) is 0.545. The van der Waals surface area contributed by atoms with Gasteiger partial charge in [0, 0.05) is 62.7 Å². The Hall–Kier alpha value is -1.48. The van der Waals surface area contributed by atoms with Gasteiger partial charge in [0.15, 0.2) is 0 Å². The van der Waals surface area contributed by atoms with Gasteiger partial charge in [0.1, 0.15) is 11.5 Å². The van der Waals surface area contributed by atoms with Crippen molar-refractivity contribution in [3.63, 3.8) is 0 Å². The van der Waals surface area contributed by atoms with Gasteiger partial charge in [-0.15, -0.1) is 0 Å². The Morgan fingerprint density at radius 3 is 1.57 bits per heavy atom. The summed E-state index contributed by atoms with van der Waals surface area (Å²) in [5.41, 5.74) is 6.33. The smallest absolute Gasteiger partial charge is 0.205 e. The van der Waals surface area contributed by atoms with Crippen LogP contribution in [0.25, 0.3) is 0 Å². The second-order valence-electron chi connectivity index (χ2n) is 8.46. The van der Waals surface area contributed by atoms with Gasteiger partial charge in [-0.3, -0.25) is 9.97 Å². The summed E-state index contributed by atoms with van der Waals surface area (Å²) in [5, 5.41) is 0. The molecule has 0 spiro atoms. The first kappa shape index (κ1) is 21.7. The lowest BCUT2D eigenvalue weighted by Gasteiger charge is -2.34. The number of hydrogen-bond donors (Lipinski definition) is 0. The van der Waals surface area contributed by atoms with Crippen LogP contribution < -0.4 is 9.47 Å². The average Bonchev–Trinajstić information content (AvgIpc) is 2.67. The second kappa shape index (κ2) is 8.22. The minimum atomic E-state index is -0.615. The molecule has 2 aromatic rings. The molecule has 0 saturated carbocycles. The van der Waals surface area contributed by atoms with Crippen molar-refractivity contribution in [2.45, 2.75) is 77.8 Å². The summed E-state index contributed by atoms with van der Waals surface area (Å²) in [4.78, 5) is 9.06. The maximum absolute atomic E-state index is 6.02. The highest BCUT2D eigenvalue weighted by Crippen LogP contribution is 2.40. The highest BCUT2D eigenvalue weighted by atomic mass is 33.1. The third-order valence-corrected chi connectivity index (χ3v) is 7.38. The molecule has 4 heterocycles. The summed E-state index contributed by atoms with van der Waals surface area (Å²) >= 11 is 0. The zero-order valence-electron chi connectivity index (χ0n) is 18.3. The van der Waals surface area contributed by atoms with Crippen LogP contribution in [0.4, 0.5) is 0 Å². The predicted molar refractivity (Wildman–Crippen MR) is 120 cm³/mol. The summed E-state index contributed by atoms with van der Waals surface area (Å²) in [5.74, 6) is 2.15. The molecule has 6 nitrogen and oxygen atoms in total. The van der Waals surface area contributed by atoms with Crippen LogP contribution in [0, 0.1) is 13.8 Å². The quantitative estimate of drug-likeness (QED) is 0.441. The Morgan fingerprint density at radius 1 is 0.767 bits per heavy atom. The van der Waals surface area contributed by atoms with Gasteiger partial charge in [-0.1, -0.05) is 21.6 Å². The van der Waals surface area contributed by atoms with Crippen molar-refractivity contribution in [3.8, 4) is 11.5 Å². The molecule has 2 aliphatic heterocycles. The van der Waals surface area contributed by atoms with Crippen LogP contribution in [0.2, 0.25) is 0 Å². The molecule has 2 aliphatic rings. The minimum Gasteiger partial charge on any atom is -0.461 e. The van der Waals surface area contributed by atoms with Crippen molar-refractivity contribution >= 4 is 21.6 Å². The zero-order valence-corrected chi connectivity index (χ0v) is 20.0. The molecular formula is C22H28N2O4S2. The fourth-order valence-corrected chi connectivity index (χ4v) is 5.62. The number of aryl methyl sites for hydroxylation is 2. The van der Waals surface area contributed by atoms with E-state index in [0.29, 0.717) is 13.2 Å². The lowest BCUT2D eigenvalue weighted by molar-refractivity contribution is -0.181. The van der Waals surface area contributed by atoms with Crippen LogP contribution >= 0.6 is 21.6 Å². The molecule has 0 fully saturated rings. The molecule has 0 saturated heterocycles. The summed E-state index contributed by atoms with van der Waals surface area (Å²) in [6.45, 7) is 12.8. The van der Waals surface area contributed by atoms with Gasteiger partial charge in [0.05, 0.1) is 24.6 Å². The topological polar surface area (TPSA) is 62.7 Å². The molecule has 162 valence electrons. The Kier molecular flexibility index (Phi) is 5.96. The molecule has 8 heteroatoms. The molecule has 0 unspecified atom stereocenters. The van der Waals surface area contributed by atoms with Gasteiger partial charge in [-0.05, 0) is 25.0 Å². The average molecular weight is 449 g/mol. The molecule has 2 aromatic heterocycles. The number of ether oxygens (including phenoxy) is 4. The van der Waals surface area contributed by atoms with Gasteiger partial charge in [-0.25, -0.2) is 0 Å². The van der Waals surface area contributed by atoms with Crippen LogP contribution in [0.3, 0.4) is 0 Å². The number of fused-ring (bicyclic) bond motifs is 2. The van der Waals surface area contributed by atoms with E-state index in [1.165, 1.54) is 0 Å². The van der Waals surface area contributed by atoms with E-state index in [-0.39, 0.29) is 0 Å². The van der Waals surface area contributed by atoms with E-state index >= 15 is 0 Å². The maximum Gasteiger partial charge on any atom is 0.205 e. The number of aromatic nitrogens is 2. The van der Waals surface area contributed by atoms with E-state index in [0.717, 1.165) is 56.6 Å². The van der Waals surface area contributed by atoms with E-state index in [4.69, 9.17) is 18.9 Å². The van der Waals surface area contributed by atoms with Gasteiger partial charge in [-0.2, -0.15) is 0 Å². The Labute approximate surface area is 185 Å². The van der Waals surface area contributed by atoms with E-state index in [1.807, 2.05) is 53.9 Å². The Bertz CT molecular complexity index is 885. The van der Waals surface area contributed by atoms with Gasteiger partial charge < -0.3 is 18.9 Å². The summed E-state index contributed by atoms with van der Waals surface area (Å²) in [7, 11) is 3.58. The molecule has 0 amide bonds. The number of hydrogen-bond acceptors (Lipinski definition) is 8. The van der Waals surface area contributed by atoms with E-state index in [9.17, 15) is 0 Å². The normalized spacial score (nSPS) is 18.7. The minimum absolute atomic E-state index is 0.548. The first-order valence-electron chi connectivity index (χ1n) is 10.0. The summed E-state index contributed by atoms with van der Waals surface area (Å²) in [6, 6.07) is 0. The summed E-state index contributed by atoms with van der Waals surface area (Å²) < 4.78 is 23.7. The number of pyridine rings is 2. The first-order chi connectivity index (χ1) is 14.2. The summed E-state index contributed by atoms with van der Waals surface area (Å²) in [6.07, 6.45) is 3.87. The molecule has 0 N–H and O–H groups in total. The van der Waals surface area contributed by atoms with Crippen molar-refractivity contribution in [1.82, 2.24) is 9.97 Å². The Balaban J connectivity index is 1.41. The van der Waals surface area contributed by atoms with Crippen LogP contribution in [-0.4, -0.2) is 21.5 Å². The monoisotopic (exact) mass is 448 g/mol. The van der Waals surface area contributed by atoms with Gasteiger partial charge >= 0.3 is 0 Å². The number of rotatable bonds is 5. The van der Waals surface area contributed by atoms with Crippen molar-refractivity contribution < 1.29 is 18.9 Å². The predicted octanol–water partition coefficient (Wildman–Crippen LogP) is 5.47. The first-order valence-corrected chi connectivity index (χ1v) is 12.5. The van der Waals surface area contributed by atoms with Crippen molar-refractivity contribution in [2.24, 2.45) is 0 Å². The SMILES string of the molecule is Cc1ncc(CSSCc2cnc(C)c3c2COC(C)(C)O3)c2c1OC(C)(C)OC2. The van der Waals surface area contributed by atoms with E-state index in [2.05, 4.69) is 9.97 Å². The van der Waals surface area contributed by atoms with E-state index in [1.54, 1.807) is 21.6 Å². The molecule has 30 heavy (non-hydrogen) atoms. The van der Waals surface area contributed by atoms with Gasteiger partial charge in [0.2, 0.25) is 11.6 Å². The van der Waals surface area contributed by atoms with Crippen molar-refractivity contribution in [2.75, 3.05) is 0 Å². The molecular weight excluding hydrogens is 420 g/mol. The third kappa shape index (κ3) is 4.56. The van der Waals surface area contributed by atoms with Crippen LogP contribution in [0.1, 0.15) is 61.3 Å². The molecule has 0 aromatic carbocycles. The van der Waals surface area contributed by atoms with Crippen molar-refractivity contribution in [1.29, 1.82) is 0 Å². The molecule has 0 atom stereocenters. The number of nitrogens with zero attached hydrogens (tertiary/aromatic N) is 2. The molecule has 0 radical (unpaired) electrons. The lowest BCUT2D eigenvalue weighted by atomic mass is 10.1. The maximum atomic E-state index is 6.02. The largest absolute Gasteiger partial charge is 0.461 e. The van der Waals surface area contributed by atoms with Gasteiger partial charge in [0.25, 0.3) is 0 Å². The molecule has 4 rings (SSSR count). The van der Waals surface area contributed by atoms with E-state index < -0.39 is 11.6 Å². The highest BCUT2D eigenvalue weighted by molar-refractivity contribution is 8.76. The van der Waals surface area contributed by atoms with Crippen molar-refractivity contribution in [3.05, 3.63) is 46.0 Å². The molecule has 0 bridgehead atoms. The lowest BCUT2D eigenvalue weighted by Crippen LogP contribution is -2.36. The second-order valence-corrected chi connectivity index (χ2v) is 10.9. The molecule has 0 aliphatic carbocycles. The third-order valence-electron chi connectivity index (χ3n) is 5.14. The zero-order chi connectivity index (χ0) is 21.5.